The molecule has 16 heavy (non-hydrogen) atoms. The summed E-state index contributed by atoms with van der Waals surface area (Å²) < 4.78 is 13.3. The van der Waals surface area contributed by atoms with Crippen molar-refractivity contribution in [2.24, 2.45) is 11.8 Å². The normalized spacial score (nSPS) is 23.2. The zero-order valence-electron chi connectivity index (χ0n) is 9.78. The molecule has 1 aliphatic rings. The molecule has 2 rings (SSSR count). The van der Waals surface area contributed by atoms with E-state index in [0.29, 0.717) is 5.56 Å². The first-order valence-corrected chi connectivity index (χ1v) is 5.71. The molecule has 0 aromatic heterocycles. The number of anilines is 1. The summed E-state index contributed by atoms with van der Waals surface area (Å²) in [6, 6.07) is 4.74. The van der Waals surface area contributed by atoms with Gasteiger partial charge in [-0.25, -0.2) is 4.39 Å². The Morgan fingerprint density at radius 3 is 2.69 bits per heavy atom. The monoisotopic (exact) mass is 223 g/mol. The molecule has 0 amide bonds. The lowest BCUT2D eigenvalue weighted by atomic mass is 10.2. The second-order valence-corrected chi connectivity index (χ2v) is 4.83. The minimum absolute atomic E-state index is 0.113. The van der Waals surface area contributed by atoms with Crippen LogP contribution in [0.4, 0.5) is 10.1 Å². The SMILES string of the molecule is CC1CC1CN(C)c1cc(F)cc(CO)c1. The quantitative estimate of drug-likeness (QED) is 0.847. The third kappa shape index (κ3) is 2.53. The maximum Gasteiger partial charge on any atom is 0.125 e. The fraction of sp³-hybridized carbons (Fsp3) is 0.538. The van der Waals surface area contributed by atoms with Gasteiger partial charge >= 0.3 is 0 Å². The Labute approximate surface area is 95.7 Å². The van der Waals surface area contributed by atoms with Crippen molar-refractivity contribution in [2.75, 3.05) is 18.5 Å². The van der Waals surface area contributed by atoms with E-state index in [1.807, 2.05) is 13.1 Å². The molecule has 0 saturated heterocycles. The molecule has 88 valence electrons. The van der Waals surface area contributed by atoms with Gasteiger partial charge < -0.3 is 10.0 Å². The van der Waals surface area contributed by atoms with Gasteiger partial charge in [0.1, 0.15) is 5.82 Å². The second kappa shape index (κ2) is 4.42. The minimum Gasteiger partial charge on any atom is -0.392 e. The largest absolute Gasteiger partial charge is 0.392 e. The summed E-state index contributed by atoms with van der Waals surface area (Å²) in [6.45, 7) is 3.09. The van der Waals surface area contributed by atoms with Crippen LogP contribution in [0.15, 0.2) is 18.2 Å². The smallest absolute Gasteiger partial charge is 0.125 e. The molecular formula is C13H18FNO. The van der Waals surface area contributed by atoms with Crippen molar-refractivity contribution in [1.82, 2.24) is 0 Å². The van der Waals surface area contributed by atoms with E-state index in [4.69, 9.17) is 5.11 Å². The lowest BCUT2D eigenvalue weighted by molar-refractivity contribution is 0.281. The fourth-order valence-corrected chi connectivity index (χ4v) is 2.06. The van der Waals surface area contributed by atoms with Crippen LogP contribution in [0.2, 0.25) is 0 Å². The van der Waals surface area contributed by atoms with E-state index in [1.54, 1.807) is 0 Å². The van der Waals surface area contributed by atoms with Gasteiger partial charge in [0, 0.05) is 19.3 Å². The fourth-order valence-electron chi connectivity index (χ4n) is 2.06. The zero-order chi connectivity index (χ0) is 11.7. The molecule has 0 bridgehead atoms. The highest BCUT2D eigenvalue weighted by molar-refractivity contribution is 5.48. The van der Waals surface area contributed by atoms with Gasteiger partial charge in [-0.15, -0.1) is 0 Å². The Kier molecular flexibility index (Phi) is 3.15. The first kappa shape index (κ1) is 11.4. The first-order valence-electron chi connectivity index (χ1n) is 5.71. The summed E-state index contributed by atoms with van der Waals surface area (Å²) in [6.07, 6.45) is 1.27. The molecule has 1 aromatic rings. The van der Waals surface area contributed by atoms with E-state index in [1.165, 1.54) is 18.6 Å². The molecule has 0 spiro atoms. The van der Waals surface area contributed by atoms with Crippen molar-refractivity contribution in [2.45, 2.75) is 20.0 Å². The number of benzene rings is 1. The highest BCUT2D eigenvalue weighted by Crippen LogP contribution is 2.38. The summed E-state index contributed by atoms with van der Waals surface area (Å²) >= 11 is 0. The van der Waals surface area contributed by atoms with Crippen LogP contribution in [0.1, 0.15) is 18.9 Å². The van der Waals surface area contributed by atoms with Crippen LogP contribution >= 0.6 is 0 Å². The molecule has 0 aliphatic heterocycles. The summed E-state index contributed by atoms with van der Waals surface area (Å²) in [7, 11) is 1.97. The molecule has 2 atom stereocenters. The average molecular weight is 223 g/mol. The predicted molar refractivity (Wildman–Crippen MR) is 62.9 cm³/mol. The highest BCUT2D eigenvalue weighted by atomic mass is 19.1. The Morgan fingerprint density at radius 1 is 1.44 bits per heavy atom. The number of halogens is 1. The lowest BCUT2D eigenvalue weighted by Crippen LogP contribution is -2.20. The Balaban J connectivity index is 2.09. The number of aliphatic hydroxyl groups excluding tert-OH is 1. The molecule has 0 heterocycles. The van der Waals surface area contributed by atoms with Gasteiger partial charge in [-0.3, -0.25) is 0 Å². The van der Waals surface area contributed by atoms with Crippen LogP contribution in [0.3, 0.4) is 0 Å². The van der Waals surface area contributed by atoms with Gasteiger partial charge in [-0.2, -0.15) is 0 Å². The van der Waals surface area contributed by atoms with Crippen molar-refractivity contribution in [1.29, 1.82) is 0 Å². The third-order valence-electron chi connectivity index (χ3n) is 3.35. The van der Waals surface area contributed by atoms with Gasteiger partial charge in [0.15, 0.2) is 0 Å². The van der Waals surface area contributed by atoms with Gasteiger partial charge in [-0.1, -0.05) is 6.92 Å². The first-order chi connectivity index (χ1) is 7.60. The van der Waals surface area contributed by atoms with Crippen molar-refractivity contribution in [3.05, 3.63) is 29.6 Å². The molecule has 1 aromatic carbocycles. The second-order valence-electron chi connectivity index (χ2n) is 4.83. The molecule has 1 N–H and O–H groups in total. The van der Waals surface area contributed by atoms with Crippen LogP contribution in [0, 0.1) is 17.7 Å². The molecule has 1 fully saturated rings. The molecule has 1 saturated carbocycles. The van der Waals surface area contributed by atoms with E-state index < -0.39 is 0 Å². The molecule has 2 unspecified atom stereocenters. The highest BCUT2D eigenvalue weighted by Gasteiger charge is 2.33. The van der Waals surface area contributed by atoms with Gasteiger partial charge in [0.05, 0.1) is 6.61 Å². The van der Waals surface area contributed by atoms with Crippen LogP contribution in [0.5, 0.6) is 0 Å². The summed E-state index contributed by atoms with van der Waals surface area (Å²) in [5, 5.41) is 9.02. The maximum atomic E-state index is 13.3. The van der Waals surface area contributed by atoms with Crippen molar-refractivity contribution in [3.63, 3.8) is 0 Å². The topological polar surface area (TPSA) is 23.5 Å². The van der Waals surface area contributed by atoms with E-state index in [9.17, 15) is 4.39 Å². The Bertz CT molecular complexity index is 380. The minimum atomic E-state index is -0.280. The van der Waals surface area contributed by atoms with Crippen LogP contribution < -0.4 is 4.90 Å². The molecule has 2 nitrogen and oxygen atoms in total. The van der Waals surface area contributed by atoms with Crippen LogP contribution in [-0.4, -0.2) is 18.7 Å². The van der Waals surface area contributed by atoms with Crippen molar-refractivity contribution in [3.8, 4) is 0 Å². The average Bonchev–Trinajstić information content (AvgIpc) is 2.93. The van der Waals surface area contributed by atoms with Crippen LogP contribution in [0.25, 0.3) is 0 Å². The third-order valence-corrected chi connectivity index (χ3v) is 3.35. The summed E-state index contributed by atoms with van der Waals surface area (Å²) in [5.74, 6) is 1.26. The Morgan fingerprint density at radius 2 is 2.12 bits per heavy atom. The lowest BCUT2D eigenvalue weighted by Gasteiger charge is -2.20. The number of nitrogens with zero attached hydrogens (tertiary/aromatic N) is 1. The van der Waals surface area contributed by atoms with E-state index >= 15 is 0 Å². The molecule has 0 radical (unpaired) electrons. The predicted octanol–water partition coefficient (Wildman–Crippen LogP) is 2.41. The van der Waals surface area contributed by atoms with Gasteiger partial charge in [0.25, 0.3) is 0 Å². The van der Waals surface area contributed by atoms with Crippen LogP contribution in [-0.2, 0) is 6.61 Å². The number of aliphatic hydroxyl groups is 1. The van der Waals surface area contributed by atoms with Crippen molar-refractivity contribution < 1.29 is 9.50 Å². The molecule has 1 aliphatic carbocycles. The zero-order valence-corrected chi connectivity index (χ0v) is 9.78. The molecule has 3 heteroatoms. The van der Waals surface area contributed by atoms with E-state index in [0.717, 1.165) is 24.1 Å². The molecular weight excluding hydrogens is 205 g/mol. The van der Waals surface area contributed by atoms with E-state index in [-0.39, 0.29) is 12.4 Å². The standard InChI is InChI=1S/C13H18FNO/c1-9-3-11(9)7-15(2)13-5-10(8-16)4-12(14)6-13/h4-6,9,11,16H,3,7-8H2,1-2H3. The van der Waals surface area contributed by atoms with Gasteiger partial charge in [-0.05, 0) is 42.0 Å². The summed E-state index contributed by atoms with van der Waals surface area (Å²) in [4.78, 5) is 2.07. The number of hydrogen-bond acceptors (Lipinski definition) is 2. The van der Waals surface area contributed by atoms with Gasteiger partial charge in [0.2, 0.25) is 0 Å². The van der Waals surface area contributed by atoms with E-state index in [2.05, 4.69) is 11.8 Å². The van der Waals surface area contributed by atoms with Crippen molar-refractivity contribution >= 4 is 5.69 Å². The number of hydrogen-bond donors (Lipinski definition) is 1. The maximum absolute atomic E-state index is 13.3. The Hall–Kier alpha value is -1.09. The number of rotatable bonds is 4. The summed E-state index contributed by atoms with van der Waals surface area (Å²) in [5.41, 5.74) is 1.48.